The molecule has 1 amide bonds. The highest BCUT2D eigenvalue weighted by Gasteiger charge is 2.31. The van der Waals surface area contributed by atoms with Crippen molar-refractivity contribution in [2.24, 2.45) is 0 Å². The number of methoxy groups -OCH3 is 1. The maximum Gasteiger partial charge on any atom is 0.338 e. The van der Waals surface area contributed by atoms with E-state index in [4.69, 9.17) is 21.1 Å². The topological polar surface area (TPSA) is 102 Å². The van der Waals surface area contributed by atoms with Gasteiger partial charge in [0.2, 0.25) is 10.0 Å². The summed E-state index contributed by atoms with van der Waals surface area (Å²) in [5, 5.41) is 2.44. The van der Waals surface area contributed by atoms with E-state index in [9.17, 15) is 22.4 Å². The maximum atomic E-state index is 13.2. The molecular weight excluding hydrogens is 463 g/mol. The summed E-state index contributed by atoms with van der Waals surface area (Å²) in [6.45, 7) is 2.13. The molecule has 1 aliphatic heterocycles. The van der Waals surface area contributed by atoms with E-state index in [0.717, 1.165) is 25.0 Å². The fraction of sp³-hybridized carbons (Fsp3) is 0.333. The van der Waals surface area contributed by atoms with Gasteiger partial charge in [-0.25, -0.2) is 17.6 Å². The Morgan fingerprint density at radius 1 is 1.16 bits per heavy atom. The molecule has 172 valence electrons. The lowest BCUT2D eigenvalue weighted by molar-refractivity contribution is -0.123. The first-order chi connectivity index (χ1) is 15.1. The standard InChI is InChI=1S/C21H22ClFN2O6S/c1-13(20(26)24-17-7-6-15(23)12-16(17)22)31-21(27)14-5-8-18(30-2)19(11-14)32(28,29)25-9-3-4-10-25/h5-8,11-13H,3-4,9-10H2,1-2H3,(H,24,26)/t13-/m0/s1. The summed E-state index contributed by atoms with van der Waals surface area (Å²) in [6, 6.07) is 7.33. The van der Waals surface area contributed by atoms with E-state index in [-0.39, 0.29) is 26.9 Å². The molecule has 0 unspecified atom stereocenters. The quantitative estimate of drug-likeness (QED) is 0.604. The van der Waals surface area contributed by atoms with Crippen LogP contribution >= 0.6 is 11.6 Å². The number of anilines is 1. The average Bonchev–Trinajstić information content (AvgIpc) is 3.31. The van der Waals surface area contributed by atoms with Crippen LogP contribution in [0.15, 0.2) is 41.3 Å². The molecule has 1 atom stereocenters. The van der Waals surface area contributed by atoms with Crippen LogP contribution in [0.3, 0.4) is 0 Å². The van der Waals surface area contributed by atoms with Crippen molar-refractivity contribution < 1.29 is 31.9 Å². The van der Waals surface area contributed by atoms with Crippen molar-refractivity contribution in [1.29, 1.82) is 0 Å². The third-order valence-corrected chi connectivity index (χ3v) is 7.16. The van der Waals surface area contributed by atoms with Gasteiger partial charge in [-0.05, 0) is 56.2 Å². The van der Waals surface area contributed by atoms with Crippen molar-refractivity contribution in [3.8, 4) is 5.75 Å². The molecule has 1 N–H and O–H groups in total. The number of nitrogens with one attached hydrogen (secondary N) is 1. The minimum absolute atomic E-state index is 0.0104. The third-order valence-electron chi connectivity index (χ3n) is 4.92. The van der Waals surface area contributed by atoms with Crippen LogP contribution in [0.1, 0.15) is 30.1 Å². The normalized spacial score (nSPS) is 15.2. The van der Waals surface area contributed by atoms with E-state index in [2.05, 4.69) is 5.32 Å². The number of carbonyl (C=O) groups is 2. The van der Waals surface area contributed by atoms with Crippen LogP contribution in [-0.4, -0.2) is 50.9 Å². The number of esters is 1. The van der Waals surface area contributed by atoms with E-state index >= 15 is 0 Å². The molecule has 0 aromatic heterocycles. The first-order valence-electron chi connectivity index (χ1n) is 9.78. The molecule has 0 bridgehead atoms. The minimum Gasteiger partial charge on any atom is -0.495 e. The largest absolute Gasteiger partial charge is 0.495 e. The number of benzene rings is 2. The summed E-state index contributed by atoms with van der Waals surface area (Å²) in [5.41, 5.74) is 0.104. The number of halogens is 2. The molecule has 32 heavy (non-hydrogen) atoms. The van der Waals surface area contributed by atoms with Gasteiger partial charge in [-0.1, -0.05) is 11.6 Å². The Bertz CT molecular complexity index is 1140. The van der Waals surface area contributed by atoms with E-state index in [1.807, 2.05) is 0 Å². The Morgan fingerprint density at radius 3 is 2.47 bits per heavy atom. The fourth-order valence-corrected chi connectivity index (χ4v) is 5.09. The summed E-state index contributed by atoms with van der Waals surface area (Å²) in [4.78, 5) is 24.8. The Labute approximate surface area is 190 Å². The van der Waals surface area contributed by atoms with Crippen LogP contribution in [0.4, 0.5) is 10.1 Å². The highest BCUT2D eigenvalue weighted by atomic mass is 35.5. The summed E-state index contributed by atoms with van der Waals surface area (Å²) in [5.74, 6) is -2.04. The fourth-order valence-electron chi connectivity index (χ4n) is 3.18. The molecule has 1 aliphatic rings. The number of ether oxygens (including phenoxy) is 2. The Morgan fingerprint density at radius 2 is 1.84 bits per heavy atom. The summed E-state index contributed by atoms with van der Waals surface area (Å²) in [7, 11) is -2.52. The molecule has 1 heterocycles. The van der Waals surface area contributed by atoms with Crippen LogP contribution in [0, 0.1) is 5.82 Å². The van der Waals surface area contributed by atoms with Gasteiger partial charge in [0.1, 0.15) is 16.5 Å². The van der Waals surface area contributed by atoms with Crippen molar-refractivity contribution >= 4 is 39.2 Å². The van der Waals surface area contributed by atoms with Crippen LogP contribution in [0.5, 0.6) is 5.75 Å². The van der Waals surface area contributed by atoms with Gasteiger partial charge in [-0.2, -0.15) is 4.31 Å². The molecule has 8 nitrogen and oxygen atoms in total. The second-order valence-corrected chi connectivity index (χ2v) is 9.45. The molecule has 11 heteroatoms. The van der Waals surface area contributed by atoms with Gasteiger partial charge in [-0.15, -0.1) is 0 Å². The lowest BCUT2D eigenvalue weighted by Crippen LogP contribution is -2.30. The van der Waals surface area contributed by atoms with Gasteiger partial charge in [0.25, 0.3) is 5.91 Å². The van der Waals surface area contributed by atoms with Crippen LogP contribution in [-0.2, 0) is 19.6 Å². The number of rotatable bonds is 7. The molecule has 2 aromatic carbocycles. The monoisotopic (exact) mass is 484 g/mol. The van der Waals surface area contributed by atoms with E-state index in [1.165, 1.54) is 42.6 Å². The molecule has 0 spiro atoms. The Balaban J connectivity index is 1.76. The zero-order valence-electron chi connectivity index (χ0n) is 17.4. The minimum atomic E-state index is -3.86. The number of nitrogens with zero attached hydrogens (tertiary/aromatic N) is 1. The van der Waals surface area contributed by atoms with Gasteiger partial charge in [-0.3, -0.25) is 4.79 Å². The van der Waals surface area contributed by atoms with Gasteiger partial charge >= 0.3 is 5.97 Å². The van der Waals surface area contributed by atoms with Crippen LogP contribution < -0.4 is 10.1 Å². The predicted molar refractivity (Wildman–Crippen MR) is 116 cm³/mol. The predicted octanol–water partition coefficient (Wildman–Crippen LogP) is 3.46. The van der Waals surface area contributed by atoms with Crippen molar-refractivity contribution in [3.05, 3.63) is 52.8 Å². The zero-order valence-corrected chi connectivity index (χ0v) is 19.0. The summed E-state index contributed by atoms with van der Waals surface area (Å²) >= 11 is 5.89. The summed E-state index contributed by atoms with van der Waals surface area (Å²) in [6.07, 6.45) is 0.284. The molecule has 0 saturated carbocycles. The first kappa shape index (κ1) is 24.0. The second-order valence-electron chi connectivity index (χ2n) is 7.14. The van der Waals surface area contributed by atoms with Crippen LogP contribution in [0.25, 0.3) is 0 Å². The SMILES string of the molecule is COc1ccc(C(=O)O[C@@H](C)C(=O)Nc2ccc(F)cc2Cl)cc1S(=O)(=O)N1CCCC1. The second kappa shape index (κ2) is 9.85. The molecule has 2 aromatic rings. The van der Waals surface area contributed by atoms with E-state index < -0.39 is 33.8 Å². The molecule has 1 saturated heterocycles. The van der Waals surface area contributed by atoms with E-state index in [1.54, 1.807) is 0 Å². The third kappa shape index (κ3) is 5.20. The molecule has 0 aliphatic carbocycles. The molecular formula is C21H22ClFN2O6S. The average molecular weight is 485 g/mol. The van der Waals surface area contributed by atoms with Crippen molar-refractivity contribution in [1.82, 2.24) is 4.31 Å². The number of carbonyl (C=O) groups excluding carboxylic acids is 2. The lowest BCUT2D eigenvalue weighted by Gasteiger charge is -2.18. The summed E-state index contributed by atoms with van der Waals surface area (Å²) < 4.78 is 50.8. The lowest BCUT2D eigenvalue weighted by atomic mass is 10.2. The smallest absolute Gasteiger partial charge is 0.338 e. The van der Waals surface area contributed by atoms with Gasteiger partial charge in [0.05, 0.1) is 23.4 Å². The van der Waals surface area contributed by atoms with Gasteiger partial charge in [0.15, 0.2) is 6.10 Å². The van der Waals surface area contributed by atoms with Gasteiger partial charge < -0.3 is 14.8 Å². The molecule has 0 radical (unpaired) electrons. The van der Waals surface area contributed by atoms with Gasteiger partial charge in [0, 0.05) is 13.1 Å². The van der Waals surface area contributed by atoms with Crippen molar-refractivity contribution in [2.45, 2.75) is 30.8 Å². The van der Waals surface area contributed by atoms with Crippen molar-refractivity contribution in [2.75, 3.05) is 25.5 Å². The number of sulfonamides is 1. The van der Waals surface area contributed by atoms with E-state index in [0.29, 0.717) is 13.1 Å². The number of amides is 1. The highest BCUT2D eigenvalue weighted by Crippen LogP contribution is 2.30. The maximum absolute atomic E-state index is 13.2. The Hall–Kier alpha value is -2.69. The van der Waals surface area contributed by atoms with Crippen LogP contribution in [0.2, 0.25) is 5.02 Å². The Kier molecular flexibility index (Phi) is 7.37. The highest BCUT2D eigenvalue weighted by molar-refractivity contribution is 7.89. The molecule has 3 rings (SSSR count). The first-order valence-corrected chi connectivity index (χ1v) is 11.6. The van der Waals surface area contributed by atoms with Crippen molar-refractivity contribution in [3.63, 3.8) is 0 Å². The zero-order chi connectivity index (χ0) is 23.5. The number of hydrogen-bond donors (Lipinski definition) is 1. The number of hydrogen-bond acceptors (Lipinski definition) is 6. The molecule has 1 fully saturated rings.